The van der Waals surface area contributed by atoms with E-state index < -0.39 is 22.1 Å². The van der Waals surface area contributed by atoms with Gasteiger partial charge in [-0.3, -0.25) is 19.5 Å². The van der Waals surface area contributed by atoms with Crippen molar-refractivity contribution >= 4 is 75.6 Å². The van der Waals surface area contributed by atoms with Crippen LogP contribution in [0.4, 0.5) is 5.13 Å². The summed E-state index contributed by atoms with van der Waals surface area (Å²) in [5.41, 5.74) is 6.48. The number of β-lactam (4-membered cyclic amide) rings is 1. The smallest absolute Gasteiger partial charge is 0.353 e. The van der Waals surface area contributed by atoms with Crippen LogP contribution >= 0.6 is 46.5 Å². The molecule has 5 N–H and O–H groups in total. The maximum atomic E-state index is 12.6. The van der Waals surface area contributed by atoms with Crippen molar-refractivity contribution in [3.8, 4) is 0 Å². The minimum Gasteiger partial charge on any atom is -0.477 e. The number of nitrogens with zero attached hydrogens (tertiary/aromatic N) is 4. The van der Waals surface area contributed by atoms with Gasteiger partial charge in [0, 0.05) is 18.1 Å². The number of nitrogen functional groups attached to an aromatic ring is 1. The summed E-state index contributed by atoms with van der Waals surface area (Å²) in [7, 11) is 0. The van der Waals surface area contributed by atoms with Crippen molar-refractivity contribution < 1.29 is 24.7 Å². The number of amides is 2. The first kappa shape index (κ1) is 23.4. The van der Waals surface area contributed by atoms with Gasteiger partial charge in [-0.25, -0.2) is 9.78 Å². The van der Waals surface area contributed by atoms with Crippen LogP contribution in [0.15, 0.2) is 40.3 Å². The number of thioether (sulfide) groups is 2. The normalized spacial score (nSPS) is 22.3. The Kier molecular flexibility index (Phi) is 6.52. The number of pyridine rings is 1. The Labute approximate surface area is 204 Å². The molecule has 2 atom stereocenters. The lowest BCUT2D eigenvalue weighted by molar-refractivity contribution is -0.146. The number of carbonyl (C=O) groups excluding carboxylic acids is 2. The Bertz CT molecular complexity index is 1190. The lowest BCUT2D eigenvalue weighted by atomic mass is 10.1. The Hall–Kier alpha value is -2.81. The van der Waals surface area contributed by atoms with Crippen molar-refractivity contribution in [2.45, 2.75) is 22.4 Å². The Morgan fingerprint density at radius 3 is 2.88 bits per heavy atom. The van der Waals surface area contributed by atoms with Crippen molar-refractivity contribution in [3.05, 3.63) is 50.7 Å². The van der Waals surface area contributed by atoms with Crippen LogP contribution in [0.2, 0.25) is 4.34 Å². The molecule has 0 aromatic carbocycles. The molecular weight excluding hydrogens is 512 g/mol. The molecule has 15 heteroatoms. The number of nitrogens with two attached hydrogens (primary N) is 1. The standard InChI is InChI=1S/C18H15ClN6O5S3/c19-15-13(23-17(20)32-15)18(24-9(26)6-22-30)14(31-7-8-2-1-3-21-5-8)12(16(28)29)25-10(27)4-11(25)33-18/h1-3,5-6,11,30H,4,7H2,(H2,20,23)(H,24,26)(H,28,29)/b22-6-/t11-,18?/m0/s1. The molecule has 11 nitrogen and oxygen atoms in total. The summed E-state index contributed by atoms with van der Waals surface area (Å²) in [6.07, 6.45) is 3.92. The van der Waals surface area contributed by atoms with Gasteiger partial charge in [0.25, 0.3) is 5.91 Å². The zero-order valence-electron chi connectivity index (χ0n) is 16.5. The van der Waals surface area contributed by atoms with E-state index in [4.69, 9.17) is 22.5 Å². The third kappa shape index (κ3) is 4.26. The molecule has 0 aliphatic carbocycles. The van der Waals surface area contributed by atoms with Crippen molar-refractivity contribution in [2.24, 2.45) is 5.16 Å². The summed E-state index contributed by atoms with van der Waals surface area (Å²) >= 11 is 9.59. The minimum atomic E-state index is -1.61. The molecule has 2 amide bonds. The Morgan fingerprint density at radius 2 is 2.30 bits per heavy atom. The molecule has 0 radical (unpaired) electrons. The number of halogens is 1. The zero-order chi connectivity index (χ0) is 23.8. The predicted molar refractivity (Wildman–Crippen MR) is 125 cm³/mol. The van der Waals surface area contributed by atoms with Crippen LogP contribution < -0.4 is 11.1 Å². The maximum absolute atomic E-state index is 12.6. The summed E-state index contributed by atoms with van der Waals surface area (Å²) < 4.78 is 0.143. The molecule has 2 aliphatic rings. The number of anilines is 1. The maximum Gasteiger partial charge on any atom is 0.353 e. The van der Waals surface area contributed by atoms with Crippen LogP contribution in [-0.4, -0.2) is 54.6 Å². The predicted octanol–water partition coefficient (Wildman–Crippen LogP) is 2.04. The number of hydrogen-bond acceptors (Lipinski definition) is 11. The second-order valence-electron chi connectivity index (χ2n) is 6.76. The number of carbonyl (C=O) groups is 3. The topological polar surface area (TPSA) is 171 Å². The zero-order valence-corrected chi connectivity index (χ0v) is 19.7. The number of oxime groups is 1. The van der Waals surface area contributed by atoms with Gasteiger partial charge in [0.2, 0.25) is 5.91 Å². The largest absolute Gasteiger partial charge is 0.477 e. The molecule has 4 heterocycles. The van der Waals surface area contributed by atoms with Gasteiger partial charge >= 0.3 is 5.97 Å². The van der Waals surface area contributed by atoms with E-state index in [1.165, 1.54) is 4.90 Å². The molecule has 1 fully saturated rings. The highest BCUT2D eigenvalue weighted by Crippen LogP contribution is 2.58. The Morgan fingerprint density at radius 1 is 1.52 bits per heavy atom. The van der Waals surface area contributed by atoms with E-state index in [0.29, 0.717) is 6.21 Å². The van der Waals surface area contributed by atoms with Crippen LogP contribution in [0.1, 0.15) is 17.7 Å². The third-order valence-corrected chi connectivity index (χ3v) is 8.69. The van der Waals surface area contributed by atoms with Crippen LogP contribution in [0.3, 0.4) is 0 Å². The van der Waals surface area contributed by atoms with E-state index >= 15 is 0 Å². The van der Waals surface area contributed by atoms with E-state index in [1.807, 2.05) is 0 Å². The van der Waals surface area contributed by atoms with Crippen LogP contribution in [0.5, 0.6) is 0 Å². The van der Waals surface area contributed by atoms with Crippen molar-refractivity contribution in [1.29, 1.82) is 0 Å². The highest BCUT2D eigenvalue weighted by molar-refractivity contribution is 8.06. The number of nitrogens with one attached hydrogen (secondary N) is 1. The van der Waals surface area contributed by atoms with E-state index in [1.54, 1.807) is 24.5 Å². The van der Waals surface area contributed by atoms with Crippen LogP contribution in [0.25, 0.3) is 0 Å². The lowest BCUT2D eigenvalue weighted by Crippen LogP contribution is -2.60. The first-order valence-electron chi connectivity index (χ1n) is 9.18. The Balaban J connectivity index is 1.93. The average Bonchev–Trinajstić information content (AvgIpc) is 3.11. The summed E-state index contributed by atoms with van der Waals surface area (Å²) in [6.45, 7) is 0. The highest BCUT2D eigenvalue weighted by atomic mass is 35.5. The van der Waals surface area contributed by atoms with E-state index in [0.717, 1.165) is 40.4 Å². The SMILES string of the molecule is Nc1nc(C2(NC(=O)/C=N\O)S[C@H]3CC(=O)N3C(C(=O)O)=C2SCc2cccnc2)c(Cl)s1. The number of carboxylic acid groups (broad SMARTS) is 1. The number of aliphatic carboxylic acids is 1. The van der Waals surface area contributed by atoms with Crippen LogP contribution in [-0.2, 0) is 25.0 Å². The first-order chi connectivity index (χ1) is 15.8. The van der Waals surface area contributed by atoms with Crippen molar-refractivity contribution in [2.75, 3.05) is 5.73 Å². The van der Waals surface area contributed by atoms with Crippen LogP contribution in [0, 0.1) is 0 Å². The molecule has 33 heavy (non-hydrogen) atoms. The summed E-state index contributed by atoms with van der Waals surface area (Å²) in [6, 6.07) is 3.54. The summed E-state index contributed by atoms with van der Waals surface area (Å²) in [5.74, 6) is -2.26. The molecule has 1 unspecified atom stereocenters. The molecule has 0 spiro atoms. The van der Waals surface area contributed by atoms with Gasteiger partial charge in [-0.1, -0.05) is 45.9 Å². The van der Waals surface area contributed by atoms with E-state index in [-0.39, 0.29) is 43.8 Å². The number of hydrogen-bond donors (Lipinski definition) is 4. The van der Waals surface area contributed by atoms with Gasteiger partial charge in [-0.2, -0.15) is 0 Å². The fraction of sp³-hybridized carbons (Fsp3) is 0.222. The molecule has 1 saturated heterocycles. The van der Waals surface area contributed by atoms with Gasteiger partial charge in [-0.15, -0.1) is 11.8 Å². The summed E-state index contributed by atoms with van der Waals surface area (Å²) in [4.78, 5) is 45.4. The molecule has 2 aliphatic heterocycles. The highest BCUT2D eigenvalue weighted by Gasteiger charge is 2.58. The fourth-order valence-corrected chi connectivity index (χ4v) is 7.61. The van der Waals surface area contributed by atoms with Gasteiger partial charge in [0.05, 0.1) is 16.7 Å². The number of fused-ring (bicyclic) bond motifs is 1. The second-order valence-corrected chi connectivity index (χ2v) is 10.8. The molecule has 0 bridgehead atoms. The molecule has 0 saturated carbocycles. The van der Waals surface area contributed by atoms with Gasteiger partial charge < -0.3 is 21.4 Å². The number of aromatic nitrogens is 2. The lowest BCUT2D eigenvalue weighted by Gasteiger charge is -2.51. The number of rotatable bonds is 7. The molecular formula is C18H15ClN6O5S3. The minimum absolute atomic E-state index is 0.0605. The van der Waals surface area contributed by atoms with Gasteiger partial charge in [0.15, 0.2) is 10.0 Å². The van der Waals surface area contributed by atoms with Gasteiger partial charge in [-0.05, 0) is 11.6 Å². The second kappa shape index (κ2) is 9.21. The monoisotopic (exact) mass is 526 g/mol. The third-order valence-electron chi connectivity index (χ3n) is 4.71. The first-order valence-corrected chi connectivity index (χ1v) is 12.2. The van der Waals surface area contributed by atoms with Crippen molar-refractivity contribution in [3.63, 3.8) is 0 Å². The number of thiazole rings is 1. The van der Waals surface area contributed by atoms with E-state index in [2.05, 4.69) is 20.4 Å². The molecule has 2 aromatic heterocycles. The fourth-order valence-electron chi connectivity index (χ4n) is 3.39. The average molecular weight is 527 g/mol. The molecule has 4 rings (SSSR count). The summed E-state index contributed by atoms with van der Waals surface area (Å²) in [5, 5.41) is 23.9. The van der Waals surface area contributed by atoms with Gasteiger partial charge in [0.1, 0.15) is 21.9 Å². The molecule has 2 aromatic rings. The molecule has 172 valence electrons. The van der Waals surface area contributed by atoms with E-state index in [9.17, 15) is 19.5 Å². The number of carboxylic acids is 1. The van der Waals surface area contributed by atoms with Crippen molar-refractivity contribution in [1.82, 2.24) is 20.2 Å². The quantitative estimate of drug-likeness (QED) is 0.181.